The summed E-state index contributed by atoms with van der Waals surface area (Å²) in [7, 11) is 0. The SMILES string of the molecule is Cc1ccc2nc3n(c2c1)CC(c1ccccn1)[S+]3[O-]. The molecule has 0 bridgehead atoms. The molecule has 0 aliphatic carbocycles. The second kappa shape index (κ2) is 4.33. The van der Waals surface area contributed by atoms with E-state index in [2.05, 4.69) is 27.5 Å². The van der Waals surface area contributed by atoms with Gasteiger partial charge in [-0.3, -0.25) is 9.55 Å². The lowest BCUT2D eigenvalue weighted by molar-refractivity contribution is 0.584. The predicted molar refractivity (Wildman–Crippen MR) is 77.9 cm³/mol. The number of benzene rings is 1. The molecule has 20 heavy (non-hydrogen) atoms. The molecule has 4 rings (SSSR count). The van der Waals surface area contributed by atoms with Crippen LogP contribution in [0.1, 0.15) is 16.5 Å². The Morgan fingerprint density at radius 3 is 3.00 bits per heavy atom. The molecule has 1 aliphatic heterocycles. The number of aryl methyl sites for hydroxylation is 1. The van der Waals surface area contributed by atoms with Gasteiger partial charge in [-0.15, -0.1) is 0 Å². The quantitative estimate of drug-likeness (QED) is 0.645. The highest BCUT2D eigenvalue weighted by atomic mass is 32.2. The molecule has 3 aromatic rings. The standard InChI is InChI=1S/C15H13N3OS/c1-10-5-6-11-13(8-10)18-9-14(20(19)15(18)17-11)12-4-2-3-7-16-12/h2-8,14H,9H2,1H3. The van der Waals surface area contributed by atoms with Gasteiger partial charge in [-0.1, -0.05) is 12.1 Å². The number of pyridine rings is 1. The zero-order valence-electron chi connectivity index (χ0n) is 11.0. The fourth-order valence-corrected chi connectivity index (χ4v) is 4.15. The second-order valence-corrected chi connectivity index (χ2v) is 6.57. The third-order valence-electron chi connectivity index (χ3n) is 3.67. The van der Waals surface area contributed by atoms with Gasteiger partial charge in [-0.2, -0.15) is 4.98 Å². The summed E-state index contributed by atoms with van der Waals surface area (Å²) < 4.78 is 14.7. The summed E-state index contributed by atoms with van der Waals surface area (Å²) in [6, 6.07) is 11.9. The normalized spacial score (nSPS) is 21.3. The second-order valence-electron chi connectivity index (χ2n) is 5.04. The summed E-state index contributed by atoms with van der Waals surface area (Å²) in [5, 5.41) is 0.574. The Hall–Kier alpha value is -1.85. The Kier molecular flexibility index (Phi) is 2.58. The summed E-state index contributed by atoms with van der Waals surface area (Å²) in [6.07, 6.45) is 1.75. The van der Waals surface area contributed by atoms with Crippen LogP contribution < -0.4 is 0 Å². The lowest BCUT2D eigenvalue weighted by Crippen LogP contribution is -2.11. The average Bonchev–Trinajstić information content (AvgIpc) is 2.98. The highest BCUT2D eigenvalue weighted by molar-refractivity contribution is 7.91. The van der Waals surface area contributed by atoms with Crippen LogP contribution >= 0.6 is 0 Å². The zero-order valence-corrected chi connectivity index (χ0v) is 11.8. The van der Waals surface area contributed by atoms with Crippen molar-refractivity contribution in [2.75, 3.05) is 0 Å². The minimum atomic E-state index is -1.14. The van der Waals surface area contributed by atoms with Crippen LogP contribution in [0.5, 0.6) is 0 Å². The van der Waals surface area contributed by atoms with Crippen molar-refractivity contribution in [2.24, 2.45) is 0 Å². The first kappa shape index (κ1) is 11.9. The number of imidazole rings is 1. The first-order chi connectivity index (χ1) is 9.74. The van der Waals surface area contributed by atoms with Crippen LogP contribution in [0.2, 0.25) is 0 Å². The van der Waals surface area contributed by atoms with E-state index in [0.717, 1.165) is 16.7 Å². The molecule has 0 saturated heterocycles. The zero-order chi connectivity index (χ0) is 13.7. The Labute approximate surface area is 119 Å². The van der Waals surface area contributed by atoms with Gasteiger partial charge in [0.05, 0.1) is 23.3 Å². The molecule has 1 aliphatic rings. The molecule has 2 atom stereocenters. The van der Waals surface area contributed by atoms with Crippen LogP contribution in [0.4, 0.5) is 0 Å². The maximum atomic E-state index is 12.6. The van der Waals surface area contributed by atoms with E-state index in [0.29, 0.717) is 11.7 Å². The van der Waals surface area contributed by atoms with Gasteiger partial charge in [-0.25, -0.2) is 0 Å². The third kappa shape index (κ3) is 1.67. The van der Waals surface area contributed by atoms with Crippen molar-refractivity contribution in [3.05, 3.63) is 53.9 Å². The molecule has 4 nitrogen and oxygen atoms in total. The first-order valence-corrected chi connectivity index (χ1v) is 7.74. The number of nitrogens with zero attached hydrogens (tertiary/aromatic N) is 3. The maximum Gasteiger partial charge on any atom is 0.325 e. The molecule has 0 amide bonds. The Balaban J connectivity index is 1.83. The van der Waals surface area contributed by atoms with Gasteiger partial charge >= 0.3 is 5.16 Å². The summed E-state index contributed by atoms with van der Waals surface area (Å²) >= 11 is -1.14. The Morgan fingerprint density at radius 2 is 2.20 bits per heavy atom. The molecule has 5 heteroatoms. The molecular formula is C15H13N3OS. The Bertz CT molecular complexity index is 784. The molecule has 0 spiro atoms. The van der Waals surface area contributed by atoms with Crippen LogP contribution in [0.15, 0.2) is 47.8 Å². The fraction of sp³-hybridized carbons (Fsp3) is 0.200. The van der Waals surface area contributed by atoms with Crippen molar-refractivity contribution in [2.45, 2.75) is 23.9 Å². The van der Waals surface area contributed by atoms with E-state index >= 15 is 0 Å². The van der Waals surface area contributed by atoms with Gasteiger partial charge in [0, 0.05) is 17.4 Å². The Morgan fingerprint density at radius 1 is 1.30 bits per heavy atom. The van der Waals surface area contributed by atoms with Crippen molar-refractivity contribution >= 4 is 22.2 Å². The molecule has 3 heterocycles. The van der Waals surface area contributed by atoms with E-state index in [1.54, 1.807) is 6.20 Å². The van der Waals surface area contributed by atoms with Gasteiger partial charge in [0.2, 0.25) is 0 Å². The van der Waals surface area contributed by atoms with Crippen molar-refractivity contribution < 1.29 is 4.55 Å². The van der Waals surface area contributed by atoms with E-state index in [1.807, 2.05) is 30.3 Å². The van der Waals surface area contributed by atoms with Crippen molar-refractivity contribution in [3.63, 3.8) is 0 Å². The predicted octanol–water partition coefficient (Wildman–Crippen LogP) is 2.60. The number of fused-ring (bicyclic) bond motifs is 3. The van der Waals surface area contributed by atoms with E-state index in [-0.39, 0.29) is 5.25 Å². The van der Waals surface area contributed by atoms with Crippen LogP contribution in [0, 0.1) is 6.92 Å². The number of aromatic nitrogens is 3. The van der Waals surface area contributed by atoms with E-state index in [4.69, 9.17) is 0 Å². The molecule has 0 radical (unpaired) electrons. The lowest BCUT2D eigenvalue weighted by atomic mass is 10.2. The van der Waals surface area contributed by atoms with Gasteiger partial charge in [-0.05, 0) is 36.8 Å². The van der Waals surface area contributed by atoms with Crippen molar-refractivity contribution in [1.29, 1.82) is 0 Å². The first-order valence-electron chi connectivity index (χ1n) is 6.52. The number of hydrogen-bond donors (Lipinski definition) is 0. The summed E-state index contributed by atoms with van der Waals surface area (Å²) in [5.41, 5.74) is 4.04. The third-order valence-corrected chi connectivity index (χ3v) is 5.25. The van der Waals surface area contributed by atoms with Crippen LogP contribution in [0.25, 0.3) is 11.0 Å². The van der Waals surface area contributed by atoms with Crippen LogP contribution in [-0.2, 0) is 17.7 Å². The number of rotatable bonds is 1. The van der Waals surface area contributed by atoms with Crippen LogP contribution in [0.3, 0.4) is 0 Å². The van der Waals surface area contributed by atoms with E-state index in [1.165, 1.54) is 5.56 Å². The highest BCUT2D eigenvalue weighted by Gasteiger charge is 2.40. The highest BCUT2D eigenvalue weighted by Crippen LogP contribution is 2.38. The monoisotopic (exact) mass is 283 g/mol. The minimum absolute atomic E-state index is 0.0939. The fourth-order valence-electron chi connectivity index (χ4n) is 2.67. The summed E-state index contributed by atoms with van der Waals surface area (Å²) in [6.45, 7) is 2.74. The summed E-state index contributed by atoms with van der Waals surface area (Å²) in [5.74, 6) is 0. The molecule has 2 unspecified atom stereocenters. The molecule has 0 N–H and O–H groups in total. The minimum Gasteiger partial charge on any atom is -0.608 e. The summed E-state index contributed by atoms with van der Waals surface area (Å²) in [4.78, 5) is 8.86. The topological polar surface area (TPSA) is 53.8 Å². The maximum absolute atomic E-state index is 12.6. The molecular weight excluding hydrogens is 270 g/mol. The van der Waals surface area contributed by atoms with Gasteiger partial charge in [0.25, 0.3) is 0 Å². The van der Waals surface area contributed by atoms with E-state index < -0.39 is 11.2 Å². The van der Waals surface area contributed by atoms with Crippen molar-refractivity contribution in [3.8, 4) is 0 Å². The van der Waals surface area contributed by atoms with Gasteiger partial charge in [0.15, 0.2) is 5.25 Å². The van der Waals surface area contributed by atoms with Crippen molar-refractivity contribution in [1.82, 2.24) is 14.5 Å². The lowest BCUT2D eigenvalue weighted by Gasteiger charge is -2.10. The smallest absolute Gasteiger partial charge is 0.325 e. The van der Waals surface area contributed by atoms with Gasteiger partial charge in [0.1, 0.15) is 0 Å². The largest absolute Gasteiger partial charge is 0.608 e. The van der Waals surface area contributed by atoms with E-state index in [9.17, 15) is 4.55 Å². The molecule has 0 saturated carbocycles. The molecule has 0 fully saturated rings. The van der Waals surface area contributed by atoms with Crippen LogP contribution in [-0.4, -0.2) is 19.1 Å². The molecule has 1 aromatic carbocycles. The number of hydrogen-bond acceptors (Lipinski definition) is 3. The molecule has 2 aromatic heterocycles. The van der Waals surface area contributed by atoms with Gasteiger partial charge < -0.3 is 4.55 Å². The molecule has 100 valence electrons. The average molecular weight is 283 g/mol.